The molecule has 0 heterocycles. The van der Waals surface area contributed by atoms with Crippen molar-refractivity contribution in [2.24, 2.45) is 5.73 Å². The van der Waals surface area contributed by atoms with Crippen LogP contribution in [-0.4, -0.2) is 43.2 Å². The van der Waals surface area contributed by atoms with Gasteiger partial charge in [0.1, 0.15) is 11.9 Å². The minimum atomic E-state index is -4.75. The van der Waals surface area contributed by atoms with Crippen molar-refractivity contribution >= 4 is 17.8 Å². The van der Waals surface area contributed by atoms with Crippen LogP contribution >= 0.6 is 0 Å². The summed E-state index contributed by atoms with van der Waals surface area (Å²) in [7, 11) is 0. The number of carbonyl (C=O) groups excluding carboxylic acids is 2. The molecule has 10 heteroatoms. The molecule has 0 aliphatic heterocycles. The summed E-state index contributed by atoms with van der Waals surface area (Å²) in [6, 6.07) is 3.89. The van der Waals surface area contributed by atoms with Gasteiger partial charge in [-0.25, -0.2) is 4.79 Å². The Labute approximate surface area is 161 Å². The number of esters is 1. The van der Waals surface area contributed by atoms with Crippen LogP contribution < -0.4 is 16.4 Å². The van der Waals surface area contributed by atoms with Gasteiger partial charge in [-0.3, -0.25) is 10.2 Å². The molecule has 0 bridgehead atoms. The van der Waals surface area contributed by atoms with Crippen LogP contribution in [0.1, 0.15) is 37.3 Å². The number of amidine groups is 1. The van der Waals surface area contributed by atoms with Crippen LogP contribution in [-0.2, 0) is 16.0 Å². The standard InChI is InChI=1S/C18H25F3N4O3/c1-2-28-15(26)11-14(18(19,20)21)25-17(27)24-10-4-3-5-12-6-8-13(9-7-12)16(22)23/h6-9,14H,2-5,10-11H2,1H3,(H3,22,23)(H2,24,25,27)/t14-/m0/s1. The maximum atomic E-state index is 12.9. The lowest BCUT2D eigenvalue weighted by Crippen LogP contribution is -2.50. The molecule has 1 aromatic carbocycles. The molecule has 0 fully saturated rings. The van der Waals surface area contributed by atoms with Crippen LogP contribution in [0, 0.1) is 5.41 Å². The Bertz CT molecular complexity index is 663. The zero-order chi connectivity index (χ0) is 21.2. The summed E-state index contributed by atoms with van der Waals surface area (Å²) < 4.78 is 43.3. The van der Waals surface area contributed by atoms with Crippen LogP contribution in [0.5, 0.6) is 0 Å². The highest BCUT2D eigenvalue weighted by Crippen LogP contribution is 2.22. The molecule has 1 atom stereocenters. The van der Waals surface area contributed by atoms with E-state index in [1.807, 2.05) is 12.1 Å². The van der Waals surface area contributed by atoms with Gasteiger partial charge in [0.2, 0.25) is 0 Å². The van der Waals surface area contributed by atoms with E-state index < -0.39 is 30.6 Å². The van der Waals surface area contributed by atoms with Gasteiger partial charge in [-0.05, 0) is 31.7 Å². The second-order valence-electron chi connectivity index (χ2n) is 6.07. The van der Waals surface area contributed by atoms with Gasteiger partial charge in [0, 0.05) is 12.1 Å². The summed E-state index contributed by atoms with van der Waals surface area (Å²) >= 11 is 0. The predicted octanol–water partition coefficient (Wildman–Crippen LogP) is 2.48. The average molecular weight is 402 g/mol. The number of hydrogen-bond donors (Lipinski definition) is 4. The number of urea groups is 1. The average Bonchev–Trinajstić information content (AvgIpc) is 2.60. The summed E-state index contributed by atoms with van der Waals surface area (Å²) in [5, 5.41) is 11.4. The van der Waals surface area contributed by atoms with Crippen LogP contribution in [0.15, 0.2) is 24.3 Å². The molecule has 0 radical (unpaired) electrons. The number of alkyl halides is 3. The molecule has 0 unspecified atom stereocenters. The lowest BCUT2D eigenvalue weighted by atomic mass is 10.1. The first-order valence-electron chi connectivity index (χ1n) is 8.83. The molecule has 0 aliphatic carbocycles. The normalized spacial score (nSPS) is 12.1. The second kappa shape index (κ2) is 11.2. The highest BCUT2D eigenvalue weighted by atomic mass is 19.4. The first-order valence-corrected chi connectivity index (χ1v) is 8.83. The van der Waals surface area contributed by atoms with Gasteiger partial charge >= 0.3 is 18.2 Å². The highest BCUT2D eigenvalue weighted by Gasteiger charge is 2.42. The number of amides is 2. The summed E-state index contributed by atoms with van der Waals surface area (Å²) in [5.74, 6) is -1.04. The fourth-order valence-electron chi connectivity index (χ4n) is 2.35. The van der Waals surface area contributed by atoms with Crippen LogP contribution in [0.2, 0.25) is 0 Å². The molecule has 2 amide bonds. The highest BCUT2D eigenvalue weighted by molar-refractivity contribution is 5.94. The molecule has 0 saturated carbocycles. The van der Waals surface area contributed by atoms with Crippen molar-refractivity contribution in [3.8, 4) is 0 Å². The van der Waals surface area contributed by atoms with E-state index in [9.17, 15) is 22.8 Å². The summed E-state index contributed by atoms with van der Waals surface area (Å²) in [6.45, 7) is 1.65. The Balaban J connectivity index is 2.34. The number of ether oxygens (including phenoxy) is 1. The van der Waals surface area contributed by atoms with Gasteiger partial charge in [0.25, 0.3) is 0 Å². The minimum Gasteiger partial charge on any atom is -0.466 e. The third kappa shape index (κ3) is 8.74. The molecular formula is C18H25F3N4O3. The number of unbranched alkanes of at least 4 members (excludes halogenated alkanes) is 1. The Kier molecular flexibility index (Phi) is 9.26. The summed E-state index contributed by atoms with van der Waals surface area (Å²) in [5.41, 5.74) is 7.03. The largest absolute Gasteiger partial charge is 0.466 e. The number of nitrogens with two attached hydrogens (primary N) is 1. The number of halogens is 3. The van der Waals surface area contributed by atoms with Gasteiger partial charge in [-0.15, -0.1) is 0 Å². The smallest absolute Gasteiger partial charge is 0.409 e. The molecule has 7 nitrogen and oxygen atoms in total. The Hall–Kier alpha value is -2.78. The van der Waals surface area contributed by atoms with Crippen molar-refractivity contribution in [2.75, 3.05) is 13.2 Å². The lowest BCUT2D eigenvalue weighted by Gasteiger charge is -2.21. The fraction of sp³-hybridized carbons (Fsp3) is 0.500. The molecule has 0 spiro atoms. The zero-order valence-corrected chi connectivity index (χ0v) is 15.6. The number of nitrogen functional groups attached to an aromatic ring is 1. The molecule has 28 heavy (non-hydrogen) atoms. The van der Waals surface area contributed by atoms with E-state index in [2.05, 4.69) is 10.1 Å². The molecule has 0 saturated heterocycles. The summed E-state index contributed by atoms with van der Waals surface area (Å²) in [6.07, 6.45) is -3.73. The van der Waals surface area contributed by atoms with E-state index in [1.54, 1.807) is 17.4 Å². The maximum Gasteiger partial charge on any atom is 0.409 e. The van der Waals surface area contributed by atoms with E-state index in [0.717, 1.165) is 12.0 Å². The molecule has 1 rings (SSSR count). The van der Waals surface area contributed by atoms with E-state index in [1.165, 1.54) is 6.92 Å². The SMILES string of the molecule is CCOC(=O)C[C@H](NC(=O)NCCCCc1ccc(C(=N)N)cc1)C(F)(F)F. The van der Waals surface area contributed by atoms with E-state index in [4.69, 9.17) is 11.1 Å². The Morgan fingerprint density at radius 3 is 2.39 bits per heavy atom. The van der Waals surface area contributed by atoms with Crippen LogP contribution in [0.3, 0.4) is 0 Å². The molecule has 5 N–H and O–H groups in total. The van der Waals surface area contributed by atoms with Crippen LogP contribution in [0.4, 0.5) is 18.0 Å². The number of benzene rings is 1. The van der Waals surface area contributed by atoms with E-state index >= 15 is 0 Å². The number of aryl methyl sites for hydroxylation is 1. The molecule has 0 aliphatic rings. The van der Waals surface area contributed by atoms with Gasteiger partial charge in [-0.2, -0.15) is 13.2 Å². The molecule has 0 aromatic heterocycles. The van der Waals surface area contributed by atoms with Gasteiger partial charge in [0.15, 0.2) is 0 Å². The van der Waals surface area contributed by atoms with Crippen molar-refractivity contribution < 1.29 is 27.5 Å². The Morgan fingerprint density at radius 2 is 1.86 bits per heavy atom. The van der Waals surface area contributed by atoms with E-state index in [0.29, 0.717) is 18.4 Å². The minimum absolute atomic E-state index is 0.0121. The van der Waals surface area contributed by atoms with Crippen molar-refractivity contribution in [2.45, 2.75) is 44.8 Å². The number of nitrogens with one attached hydrogen (secondary N) is 3. The summed E-state index contributed by atoms with van der Waals surface area (Å²) in [4.78, 5) is 22.9. The number of carbonyl (C=O) groups is 2. The second-order valence-corrected chi connectivity index (χ2v) is 6.07. The third-order valence-electron chi connectivity index (χ3n) is 3.82. The first kappa shape index (κ1) is 23.3. The molecule has 156 valence electrons. The van der Waals surface area contributed by atoms with Crippen molar-refractivity contribution in [1.82, 2.24) is 10.6 Å². The zero-order valence-electron chi connectivity index (χ0n) is 15.6. The molecular weight excluding hydrogens is 377 g/mol. The maximum absolute atomic E-state index is 12.9. The van der Waals surface area contributed by atoms with Crippen LogP contribution in [0.25, 0.3) is 0 Å². The Morgan fingerprint density at radius 1 is 1.21 bits per heavy atom. The van der Waals surface area contributed by atoms with Gasteiger partial charge < -0.3 is 21.1 Å². The first-order chi connectivity index (χ1) is 13.1. The third-order valence-corrected chi connectivity index (χ3v) is 3.82. The van der Waals surface area contributed by atoms with Crippen molar-refractivity contribution in [3.05, 3.63) is 35.4 Å². The van der Waals surface area contributed by atoms with Crippen molar-refractivity contribution in [3.63, 3.8) is 0 Å². The fourth-order valence-corrected chi connectivity index (χ4v) is 2.35. The topological polar surface area (TPSA) is 117 Å². The predicted molar refractivity (Wildman–Crippen MR) is 98.0 cm³/mol. The lowest BCUT2D eigenvalue weighted by molar-refractivity contribution is -0.167. The van der Waals surface area contributed by atoms with Gasteiger partial charge in [-0.1, -0.05) is 24.3 Å². The van der Waals surface area contributed by atoms with Gasteiger partial charge in [0.05, 0.1) is 13.0 Å². The molecule has 1 aromatic rings. The van der Waals surface area contributed by atoms with E-state index in [-0.39, 0.29) is 19.0 Å². The quantitative estimate of drug-likeness (QED) is 0.208. The van der Waals surface area contributed by atoms with Crippen molar-refractivity contribution in [1.29, 1.82) is 5.41 Å². The number of rotatable bonds is 10. The number of hydrogen-bond acceptors (Lipinski definition) is 4. The monoisotopic (exact) mass is 402 g/mol.